The van der Waals surface area contributed by atoms with E-state index in [2.05, 4.69) is 0 Å². The summed E-state index contributed by atoms with van der Waals surface area (Å²) in [5.41, 5.74) is 0.785. The number of halogens is 2. The van der Waals surface area contributed by atoms with Crippen LogP contribution in [0.5, 0.6) is 11.5 Å². The van der Waals surface area contributed by atoms with Gasteiger partial charge in [-0.15, -0.1) is 0 Å². The molecule has 0 saturated carbocycles. The zero-order valence-electron chi connectivity index (χ0n) is 11.7. The summed E-state index contributed by atoms with van der Waals surface area (Å²) in [4.78, 5) is 11.5. The largest absolute Gasteiger partial charge is 0.504 e. The predicted octanol–water partition coefficient (Wildman–Crippen LogP) is 3.60. The lowest BCUT2D eigenvalue weighted by Gasteiger charge is -2.15. The minimum atomic E-state index is -1.08. The van der Waals surface area contributed by atoms with E-state index in [9.17, 15) is 19.4 Å². The molecule has 1 unspecified atom stereocenters. The fourth-order valence-corrected chi connectivity index (χ4v) is 2.43. The zero-order valence-corrected chi connectivity index (χ0v) is 12.5. The highest BCUT2D eigenvalue weighted by Gasteiger charge is 2.23. The molecule has 0 aliphatic carbocycles. The van der Waals surface area contributed by atoms with E-state index in [1.54, 1.807) is 0 Å². The number of carbonyl (C=O) groups is 1. The van der Waals surface area contributed by atoms with Gasteiger partial charge in [-0.2, -0.15) is 0 Å². The molecule has 0 aliphatic heterocycles. The van der Waals surface area contributed by atoms with Gasteiger partial charge in [0.15, 0.2) is 11.5 Å². The molecule has 0 spiro atoms. The number of ether oxygens (including phenoxy) is 1. The van der Waals surface area contributed by atoms with Gasteiger partial charge in [-0.1, -0.05) is 23.7 Å². The molecule has 0 fully saturated rings. The zero-order chi connectivity index (χ0) is 16.3. The first-order valence-electron chi connectivity index (χ1n) is 6.46. The molecule has 0 bridgehead atoms. The van der Waals surface area contributed by atoms with E-state index in [4.69, 9.17) is 16.3 Å². The van der Waals surface area contributed by atoms with E-state index in [-0.39, 0.29) is 17.9 Å². The summed E-state index contributed by atoms with van der Waals surface area (Å²) in [6, 6.07) is 8.14. The second kappa shape index (κ2) is 6.66. The Morgan fingerprint density at radius 1 is 1.32 bits per heavy atom. The number of hydrogen-bond donors (Lipinski definition) is 2. The Hall–Kier alpha value is -2.27. The SMILES string of the molecule is COc1cc(Cl)cc(CC(C(=O)O)c2ccc(F)cc2)c1O. The Bertz CT molecular complexity index is 685. The summed E-state index contributed by atoms with van der Waals surface area (Å²) in [7, 11) is 1.38. The third-order valence-corrected chi connectivity index (χ3v) is 3.55. The van der Waals surface area contributed by atoms with Crippen molar-refractivity contribution in [2.24, 2.45) is 0 Å². The molecular formula is C16H14ClFO4. The van der Waals surface area contributed by atoms with E-state index >= 15 is 0 Å². The molecule has 2 rings (SSSR count). The minimum Gasteiger partial charge on any atom is -0.504 e. The first kappa shape index (κ1) is 16.1. The molecule has 0 amide bonds. The number of rotatable bonds is 5. The highest BCUT2D eigenvalue weighted by atomic mass is 35.5. The van der Waals surface area contributed by atoms with Gasteiger partial charge in [0, 0.05) is 16.7 Å². The predicted molar refractivity (Wildman–Crippen MR) is 80.1 cm³/mol. The smallest absolute Gasteiger partial charge is 0.311 e. The summed E-state index contributed by atoms with van der Waals surface area (Å²) >= 11 is 5.94. The van der Waals surface area contributed by atoms with Crippen LogP contribution in [0, 0.1) is 5.82 Å². The van der Waals surface area contributed by atoms with Gasteiger partial charge < -0.3 is 14.9 Å². The summed E-state index contributed by atoms with van der Waals surface area (Å²) in [5.74, 6) is -2.44. The van der Waals surface area contributed by atoms with Crippen molar-refractivity contribution in [3.05, 3.63) is 58.4 Å². The monoisotopic (exact) mass is 324 g/mol. The molecule has 2 aromatic rings. The number of aromatic hydroxyl groups is 1. The molecule has 0 aliphatic rings. The Labute approximate surface area is 131 Å². The third kappa shape index (κ3) is 3.49. The van der Waals surface area contributed by atoms with E-state index < -0.39 is 17.7 Å². The molecule has 0 saturated heterocycles. The van der Waals surface area contributed by atoms with Gasteiger partial charge in [-0.3, -0.25) is 4.79 Å². The number of phenolic OH excluding ortho intramolecular Hbond substituents is 1. The number of methoxy groups -OCH3 is 1. The normalized spacial score (nSPS) is 12.0. The van der Waals surface area contributed by atoms with Crippen molar-refractivity contribution in [3.8, 4) is 11.5 Å². The van der Waals surface area contributed by atoms with Crippen LogP contribution in [-0.2, 0) is 11.2 Å². The average molecular weight is 325 g/mol. The van der Waals surface area contributed by atoms with Gasteiger partial charge in [0.25, 0.3) is 0 Å². The molecule has 0 aromatic heterocycles. The average Bonchev–Trinajstić information content (AvgIpc) is 2.48. The van der Waals surface area contributed by atoms with E-state index in [0.29, 0.717) is 16.1 Å². The van der Waals surface area contributed by atoms with Gasteiger partial charge in [-0.25, -0.2) is 4.39 Å². The first-order valence-corrected chi connectivity index (χ1v) is 6.83. The van der Waals surface area contributed by atoms with Crippen LogP contribution in [0.25, 0.3) is 0 Å². The molecule has 0 radical (unpaired) electrons. The first-order chi connectivity index (χ1) is 10.4. The Balaban J connectivity index is 2.39. The van der Waals surface area contributed by atoms with Gasteiger partial charge in [0.1, 0.15) is 5.82 Å². The number of phenols is 1. The molecule has 0 heterocycles. The number of hydrogen-bond acceptors (Lipinski definition) is 3. The standard InChI is InChI=1S/C16H14ClFO4/c1-22-14-8-11(17)6-10(15(14)19)7-13(16(20)21)9-2-4-12(18)5-3-9/h2-6,8,13,19H,7H2,1H3,(H,20,21). The lowest BCUT2D eigenvalue weighted by molar-refractivity contribution is -0.138. The highest BCUT2D eigenvalue weighted by molar-refractivity contribution is 6.30. The van der Waals surface area contributed by atoms with Crippen LogP contribution >= 0.6 is 11.6 Å². The maximum Gasteiger partial charge on any atom is 0.311 e. The maximum atomic E-state index is 13.0. The fraction of sp³-hybridized carbons (Fsp3) is 0.188. The van der Waals surface area contributed by atoms with Crippen molar-refractivity contribution < 1.29 is 24.1 Å². The number of carboxylic acids is 1. The topological polar surface area (TPSA) is 66.8 Å². The number of aliphatic carboxylic acids is 1. The van der Waals surface area contributed by atoms with Gasteiger partial charge in [0.05, 0.1) is 13.0 Å². The summed E-state index contributed by atoms with van der Waals surface area (Å²) in [6.45, 7) is 0. The van der Waals surface area contributed by atoms with Gasteiger partial charge >= 0.3 is 5.97 Å². The van der Waals surface area contributed by atoms with Crippen LogP contribution < -0.4 is 4.74 Å². The Morgan fingerprint density at radius 3 is 2.50 bits per heavy atom. The lowest BCUT2D eigenvalue weighted by atomic mass is 9.91. The Morgan fingerprint density at radius 2 is 1.95 bits per heavy atom. The van der Waals surface area contributed by atoms with Crippen LogP contribution in [0.15, 0.2) is 36.4 Å². The highest BCUT2D eigenvalue weighted by Crippen LogP contribution is 2.36. The summed E-state index contributed by atoms with van der Waals surface area (Å²) in [6.07, 6.45) is 0.00369. The van der Waals surface area contributed by atoms with Crippen molar-refractivity contribution in [1.82, 2.24) is 0 Å². The van der Waals surface area contributed by atoms with Crippen LogP contribution in [-0.4, -0.2) is 23.3 Å². The molecular weight excluding hydrogens is 311 g/mol. The van der Waals surface area contributed by atoms with Crippen LogP contribution in [0.3, 0.4) is 0 Å². The third-order valence-electron chi connectivity index (χ3n) is 3.33. The maximum absolute atomic E-state index is 13.0. The summed E-state index contributed by atoms with van der Waals surface area (Å²) in [5, 5.41) is 19.8. The van der Waals surface area contributed by atoms with Crippen molar-refractivity contribution >= 4 is 17.6 Å². The van der Waals surface area contributed by atoms with Crippen LogP contribution in [0.1, 0.15) is 17.0 Å². The lowest BCUT2D eigenvalue weighted by Crippen LogP contribution is -2.14. The molecule has 1 atom stereocenters. The van der Waals surface area contributed by atoms with Crippen LogP contribution in [0.2, 0.25) is 5.02 Å². The fourth-order valence-electron chi connectivity index (χ4n) is 2.20. The van der Waals surface area contributed by atoms with Crippen molar-refractivity contribution in [2.75, 3.05) is 7.11 Å². The second-order valence-electron chi connectivity index (χ2n) is 4.76. The quantitative estimate of drug-likeness (QED) is 0.881. The number of carboxylic acid groups (broad SMARTS) is 1. The molecule has 2 N–H and O–H groups in total. The van der Waals surface area contributed by atoms with Crippen molar-refractivity contribution in [2.45, 2.75) is 12.3 Å². The van der Waals surface area contributed by atoms with Gasteiger partial charge in [-0.05, 0) is 30.2 Å². The van der Waals surface area contributed by atoms with Crippen molar-refractivity contribution in [1.29, 1.82) is 0 Å². The number of benzene rings is 2. The molecule has 22 heavy (non-hydrogen) atoms. The minimum absolute atomic E-state index is 0.00369. The van der Waals surface area contributed by atoms with Gasteiger partial charge in [0.2, 0.25) is 0 Å². The van der Waals surface area contributed by atoms with Crippen LogP contribution in [0.4, 0.5) is 4.39 Å². The van der Waals surface area contributed by atoms with Crippen molar-refractivity contribution in [3.63, 3.8) is 0 Å². The van der Waals surface area contributed by atoms with E-state index in [0.717, 1.165) is 0 Å². The molecule has 116 valence electrons. The Kier molecular flexibility index (Phi) is 4.88. The van der Waals surface area contributed by atoms with E-state index in [1.165, 1.54) is 43.5 Å². The molecule has 6 heteroatoms. The summed E-state index contributed by atoms with van der Waals surface area (Å²) < 4.78 is 18.0. The molecule has 2 aromatic carbocycles. The second-order valence-corrected chi connectivity index (χ2v) is 5.20. The van der Waals surface area contributed by atoms with E-state index in [1.807, 2.05) is 0 Å². The molecule has 4 nitrogen and oxygen atoms in total.